The van der Waals surface area contributed by atoms with Gasteiger partial charge in [-0.1, -0.05) is 109 Å². The van der Waals surface area contributed by atoms with Crippen molar-refractivity contribution in [3.05, 3.63) is 4.91 Å². The third-order valence-electron chi connectivity index (χ3n) is 4.51. The Morgan fingerprint density at radius 2 is 1.05 bits per heavy atom. The number of nitroso groups, excluding NO2 is 1. The van der Waals surface area contributed by atoms with E-state index in [1.165, 1.54) is 83.5 Å². The van der Waals surface area contributed by atoms with Crippen molar-refractivity contribution in [1.29, 1.82) is 0 Å². The Labute approximate surface area is 133 Å². The monoisotopic (exact) mass is 297 g/mol. The second-order valence-electron chi connectivity index (χ2n) is 6.95. The van der Waals surface area contributed by atoms with Gasteiger partial charge in [-0.2, -0.15) is 4.91 Å². The third kappa shape index (κ3) is 14.3. The van der Waals surface area contributed by atoms with Crippen LogP contribution in [0.15, 0.2) is 5.18 Å². The van der Waals surface area contributed by atoms with E-state index in [-0.39, 0.29) is 6.04 Å². The molecule has 0 aromatic carbocycles. The van der Waals surface area contributed by atoms with Crippen molar-refractivity contribution in [2.45, 2.75) is 117 Å². The molecule has 0 aromatic rings. The molecule has 2 nitrogen and oxygen atoms in total. The lowest BCUT2D eigenvalue weighted by Crippen LogP contribution is -2.11. The minimum atomic E-state index is 0.0395. The van der Waals surface area contributed by atoms with Crippen LogP contribution in [0.2, 0.25) is 0 Å². The molecular weight excluding hydrogens is 258 g/mol. The molecule has 0 saturated carbocycles. The van der Waals surface area contributed by atoms with Crippen LogP contribution in [0.25, 0.3) is 0 Å². The standard InChI is InChI=1S/C19H39NO/c1-4-5-6-7-8-9-10-11-12-13-14-15-16-17-19(20-21)18(2)3/h18-19H,4-17H2,1-3H3. The van der Waals surface area contributed by atoms with Crippen LogP contribution in [0.4, 0.5) is 0 Å². The number of hydrogen-bond acceptors (Lipinski definition) is 2. The van der Waals surface area contributed by atoms with E-state index < -0.39 is 0 Å². The van der Waals surface area contributed by atoms with Gasteiger partial charge in [-0.15, -0.1) is 0 Å². The lowest BCUT2D eigenvalue weighted by molar-refractivity contribution is 0.438. The molecule has 0 bridgehead atoms. The summed E-state index contributed by atoms with van der Waals surface area (Å²) in [5.74, 6) is 0.403. The Morgan fingerprint density at radius 3 is 1.38 bits per heavy atom. The number of hydrogen-bond donors (Lipinski definition) is 0. The molecule has 126 valence electrons. The van der Waals surface area contributed by atoms with Crippen LogP contribution in [-0.4, -0.2) is 6.04 Å². The zero-order valence-electron chi connectivity index (χ0n) is 14.9. The Hall–Kier alpha value is -0.400. The second kappa shape index (κ2) is 16.0. The van der Waals surface area contributed by atoms with Crippen molar-refractivity contribution in [3.8, 4) is 0 Å². The fourth-order valence-electron chi connectivity index (χ4n) is 2.88. The molecule has 0 aliphatic carbocycles. The van der Waals surface area contributed by atoms with Crippen LogP contribution < -0.4 is 0 Å². The van der Waals surface area contributed by atoms with Gasteiger partial charge < -0.3 is 0 Å². The molecule has 0 saturated heterocycles. The van der Waals surface area contributed by atoms with Gasteiger partial charge in [-0.05, 0) is 12.3 Å². The van der Waals surface area contributed by atoms with E-state index in [0.29, 0.717) is 5.92 Å². The van der Waals surface area contributed by atoms with Gasteiger partial charge >= 0.3 is 0 Å². The van der Waals surface area contributed by atoms with Crippen LogP contribution in [0.3, 0.4) is 0 Å². The first-order valence-electron chi connectivity index (χ1n) is 9.54. The van der Waals surface area contributed by atoms with E-state index in [0.717, 1.165) is 6.42 Å². The van der Waals surface area contributed by atoms with Gasteiger partial charge in [-0.25, -0.2) is 0 Å². The highest BCUT2D eigenvalue weighted by Crippen LogP contribution is 2.16. The van der Waals surface area contributed by atoms with Crippen molar-refractivity contribution >= 4 is 0 Å². The van der Waals surface area contributed by atoms with Crippen molar-refractivity contribution < 1.29 is 0 Å². The average Bonchev–Trinajstić information content (AvgIpc) is 2.47. The molecule has 1 atom stereocenters. The molecule has 1 unspecified atom stereocenters. The highest BCUT2D eigenvalue weighted by atomic mass is 16.3. The van der Waals surface area contributed by atoms with Gasteiger partial charge in [0.25, 0.3) is 0 Å². The maximum atomic E-state index is 10.6. The number of nitrogens with zero attached hydrogens (tertiary/aromatic N) is 1. The summed E-state index contributed by atoms with van der Waals surface area (Å²) in [5, 5.41) is 3.23. The smallest absolute Gasteiger partial charge is 0.0942 e. The molecule has 0 amide bonds. The Kier molecular flexibility index (Phi) is 15.7. The maximum Gasteiger partial charge on any atom is 0.0942 e. The van der Waals surface area contributed by atoms with E-state index in [1.807, 2.05) is 0 Å². The largest absolute Gasteiger partial charge is 0.151 e. The van der Waals surface area contributed by atoms with Crippen molar-refractivity contribution in [2.24, 2.45) is 11.1 Å². The van der Waals surface area contributed by atoms with E-state index in [4.69, 9.17) is 0 Å². The lowest BCUT2D eigenvalue weighted by Gasteiger charge is -2.12. The molecule has 0 spiro atoms. The van der Waals surface area contributed by atoms with E-state index >= 15 is 0 Å². The second-order valence-corrected chi connectivity index (χ2v) is 6.95. The van der Waals surface area contributed by atoms with Crippen molar-refractivity contribution in [1.82, 2.24) is 0 Å². The first-order chi connectivity index (χ1) is 10.2. The summed E-state index contributed by atoms with van der Waals surface area (Å²) in [6, 6.07) is 0.0395. The summed E-state index contributed by atoms with van der Waals surface area (Å²) in [7, 11) is 0. The van der Waals surface area contributed by atoms with Crippen LogP contribution in [0.5, 0.6) is 0 Å². The fourth-order valence-corrected chi connectivity index (χ4v) is 2.88. The predicted molar refractivity (Wildman–Crippen MR) is 94.7 cm³/mol. The predicted octanol–water partition coefficient (Wildman–Crippen LogP) is 7.26. The maximum absolute atomic E-state index is 10.6. The third-order valence-corrected chi connectivity index (χ3v) is 4.51. The van der Waals surface area contributed by atoms with E-state index in [2.05, 4.69) is 25.9 Å². The molecule has 21 heavy (non-hydrogen) atoms. The molecular formula is C19H39NO. The summed E-state index contributed by atoms with van der Waals surface area (Å²) >= 11 is 0. The average molecular weight is 298 g/mol. The van der Waals surface area contributed by atoms with Crippen LogP contribution >= 0.6 is 0 Å². The van der Waals surface area contributed by atoms with Crippen LogP contribution in [0, 0.1) is 10.8 Å². The first kappa shape index (κ1) is 20.6. The molecule has 0 aromatic heterocycles. The highest BCUT2D eigenvalue weighted by molar-refractivity contribution is 4.69. The molecule has 0 heterocycles. The minimum Gasteiger partial charge on any atom is -0.151 e. The normalized spacial score (nSPS) is 12.8. The van der Waals surface area contributed by atoms with Gasteiger partial charge in [0.1, 0.15) is 0 Å². The van der Waals surface area contributed by atoms with E-state index in [9.17, 15) is 4.91 Å². The van der Waals surface area contributed by atoms with Crippen molar-refractivity contribution in [2.75, 3.05) is 0 Å². The van der Waals surface area contributed by atoms with Gasteiger partial charge in [0.05, 0.1) is 6.04 Å². The Morgan fingerprint density at radius 1 is 0.667 bits per heavy atom. The molecule has 2 heteroatoms. The number of unbranched alkanes of at least 4 members (excludes halogenated alkanes) is 12. The highest BCUT2D eigenvalue weighted by Gasteiger charge is 2.12. The summed E-state index contributed by atoms with van der Waals surface area (Å²) in [6.07, 6.45) is 18.9. The van der Waals surface area contributed by atoms with Gasteiger partial charge in [0.2, 0.25) is 0 Å². The fraction of sp³-hybridized carbons (Fsp3) is 1.00. The van der Waals surface area contributed by atoms with Crippen LogP contribution in [0.1, 0.15) is 111 Å². The lowest BCUT2D eigenvalue weighted by atomic mass is 9.98. The quantitative estimate of drug-likeness (QED) is 0.218. The van der Waals surface area contributed by atoms with Gasteiger partial charge in [0, 0.05) is 0 Å². The topological polar surface area (TPSA) is 29.4 Å². The first-order valence-corrected chi connectivity index (χ1v) is 9.54. The summed E-state index contributed by atoms with van der Waals surface area (Å²) in [6.45, 7) is 6.46. The Balaban J connectivity index is 3.14. The van der Waals surface area contributed by atoms with Gasteiger partial charge in [0.15, 0.2) is 0 Å². The van der Waals surface area contributed by atoms with Crippen LogP contribution in [-0.2, 0) is 0 Å². The van der Waals surface area contributed by atoms with Crippen molar-refractivity contribution in [3.63, 3.8) is 0 Å². The molecule has 0 aliphatic heterocycles. The summed E-state index contributed by atoms with van der Waals surface area (Å²) in [4.78, 5) is 10.6. The molecule has 0 fully saturated rings. The SMILES string of the molecule is CCCCCCCCCCCCCCCC(N=O)C(C)C. The zero-order valence-corrected chi connectivity index (χ0v) is 14.9. The zero-order chi connectivity index (χ0) is 15.8. The Bertz CT molecular complexity index is 216. The minimum absolute atomic E-state index is 0.0395. The summed E-state index contributed by atoms with van der Waals surface area (Å²) < 4.78 is 0. The molecule has 0 rings (SSSR count). The molecule has 0 radical (unpaired) electrons. The molecule has 0 aliphatic rings. The summed E-state index contributed by atoms with van der Waals surface area (Å²) in [5.41, 5.74) is 0. The molecule has 0 N–H and O–H groups in total. The van der Waals surface area contributed by atoms with Gasteiger partial charge in [-0.3, -0.25) is 0 Å². The van der Waals surface area contributed by atoms with E-state index in [1.54, 1.807) is 0 Å². The number of rotatable bonds is 16.